The number of rotatable bonds is 2. The average molecular weight is 411 g/mol. The average Bonchev–Trinajstić information content (AvgIpc) is 2.90. The second-order valence-corrected chi connectivity index (χ2v) is 7.49. The molecule has 4 aromatic carbocycles. The molecule has 2 heteroatoms. The highest BCUT2D eigenvalue weighted by atomic mass is 14.7. The van der Waals surface area contributed by atoms with Gasteiger partial charge in [0.15, 0.2) is 0 Å². The minimum Gasteiger partial charge on any atom is -0.254 e. The van der Waals surface area contributed by atoms with Crippen molar-refractivity contribution in [3.63, 3.8) is 0 Å². The molecule has 0 bridgehead atoms. The maximum atomic E-state index is 4.53. The first-order valence-electron chi connectivity index (χ1n) is 10.7. The third-order valence-electron chi connectivity index (χ3n) is 5.45. The van der Waals surface area contributed by atoms with Crippen LogP contribution in [0.5, 0.6) is 0 Å². The fraction of sp³-hybridized carbons (Fsp3) is 0. The van der Waals surface area contributed by atoms with Crippen molar-refractivity contribution in [3.8, 4) is 22.3 Å². The maximum Gasteiger partial charge on any atom is 0.0970 e. The number of hydrogen-bond acceptors (Lipinski definition) is 2. The Morgan fingerprint density at radius 2 is 0.938 bits per heavy atom. The second kappa shape index (κ2) is 9.23. The molecule has 0 atom stereocenters. The largest absolute Gasteiger partial charge is 0.254 e. The number of benzene rings is 4. The number of pyridine rings is 2. The standard InChI is InChI=1S/C18H12N2.C12H10/c1-2-5-13(6-3-1)15-10-12-20-18-16(15)9-8-14-7-4-11-19-17(14)18;1-3-7-11(8-4-1)12-9-5-2-6-10-12/h1-12H;1-10H. The van der Waals surface area contributed by atoms with Crippen molar-refractivity contribution in [2.45, 2.75) is 0 Å². The molecule has 0 saturated carbocycles. The molecule has 0 radical (unpaired) electrons. The first kappa shape index (κ1) is 19.7. The van der Waals surface area contributed by atoms with Crippen LogP contribution in [-0.2, 0) is 0 Å². The van der Waals surface area contributed by atoms with E-state index in [4.69, 9.17) is 0 Å². The fourth-order valence-corrected chi connectivity index (χ4v) is 3.88. The lowest BCUT2D eigenvalue weighted by Crippen LogP contribution is -1.87. The lowest BCUT2D eigenvalue weighted by molar-refractivity contribution is 1.37. The van der Waals surface area contributed by atoms with E-state index in [9.17, 15) is 0 Å². The number of nitrogens with zero attached hydrogens (tertiary/aromatic N) is 2. The predicted molar refractivity (Wildman–Crippen MR) is 134 cm³/mol. The molecule has 0 unspecified atom stereocenters. The summed E-state index contributed by atoms with van der Waals surface area (Å²) < 4.78 is 0. The molecule has 0 amide bonds. The van der Waals surface area contributed by atoms with Crippen LogP contribution in [0.15, 0.2) is 134 Å². The van der Waals surface area contributed by atoms with E-state index in [2.05, 4.69) is 107 Å². The molecule has 2 nitrogen and oxygen atoms in total. The van der Waals surface area contributed by atoms with E-state index in [0.29, 0.717) is 0 Å². The van der Waals surface area contributed by atoms with Crippen molar-refractivity contribution in [2.24, 2.45) is 0 Å². The first-order chi connectivity index (χ1) is 15.9. The molecule has 0 aliphatic carbocycles. The Morgan fingerprint density at radius 1 is 0.375 bits per heavy atom. The highest BCUT2D eigenvalue weighted by Gasteiger charge is 2.07. The van der Waals surface area contributed by atoms with E-state index >= 15 is 0 Å². The molecule has 0 spiro atoms. The summed E-state index contributed by atoms with van der Waals surface area (Å²) in [6, 6.07) is 41.5. The minimum atomic E-state index is 0.961. The van der Waals surface area contributed by atoms with Crippen molar-refractivity contribution in [2.75, 3.05) is 0 Å². The summed E-state index contributed by atoms with van der Waals surface area (Å²) in [4.78, 5) is 9.01. The summed E-state index contributed by atoms with van der Waals surface area (Å²) in [7, 11) is 0. The highest BCUT2D eigenvalue weighted by Crippen LogP contribution is 2.30. The molecular formula is C30H22N2. The molecule has 6 rings (SSSR count). The Bertz CT molecular complexity index is 1410. The van der Waals surface area contributed by atoms with Gasteiger partial charge in [0.2, 0.25) is 0 Å². The van der Waals surface area contributed by atoms with E-state index in [0.717, 1.165) is 21.8 Å². The Hall–Kier alpha value is -4.30. The topological polar surface area (TPSA) is 25.8 Å². The molecule has 0 saturated heterocycles. The van der Waals surface area contributed by atoms with Crippen molar-refractivity contribution < 1.29 is 0 Å². The second-order valence-electron chi connectivity index (χ2n) is 7.49. The van der Waals surface area contributed by atoms with Crippen LogP contribution >= 0.6 is 0 Å². The summed E-state index contributed by atoms with van der Waals surface area (Å²) in [5, 5.41) is 2.27. The Balaban J connectivity index is 0.000000154. The SMILES string of the molecule is c1ccc(-c2ccccc2)cc1.c1ccc(-c2ccnc3c2ccc2cccnc23)cc1. The van der Waals surface area contributed by atoms with Crippen LogP contribution in [-0.4, -0.2) is 9.97 Å². The number of hydrogen-bond donors (Lipinski definition) is 0. The van der Waals surface area contributed by atoms with Crippen molar-refractivity contribution in [3.05, 3.63) is 134 Å². The third kappa shape index (κ3) is 4.12. The molecule has 0 N–H and O–H groups in total. The quantitative estimate of drug-likeness (QED) is 0.272. The molecule has 0 aliphatic heterocycles. The molecular weight excluding hydrogens is 388 g/mol. The van der Waals surface area contributed by atoms with Crippen LogP contribution in [0, 0.1) is 0 Å². The van der Waals surface area contributed by atoms with Gasteiger partial charge in [-0.3, -0.25) is 9.97 Å². The molecule has 0 aliphatic rings. The summed E-state index contributed by atoms with van der Waals surface area (Å²) in [5.74, 6) is 0. The fourth-order valence-electron chi connectivity index (χ4n) is 3.88. The first-order valence-corrected chi connectivity index (χ1v) is 10.7. The molecule has 0 fully saturated rings. The zero-order valence-electron chi connectivity index (χ0n) is 17.6. The van der Waals surface area contributed by atoms with Crippen LogP contribution in [0.2, 0.25) is 0 Å². The van der Waals surface area contributed by atoms with Gasteiger partial charge < -0.3 is 0 Å². The lowest BCUT2D eigenvalue weighted by Gasteiger charge is -2.08. The zero-order chi connectivity index (χ0) is 21.6. The zero-order valence-corrected chi connectivity index (χ0v) is 17.6. The molecule has 2 heterocycles. The Labute approximate surface area is 187 Å². The van der Waals surface area contributed by atoms with E-state index in [-0.39, 0.29) is 0 Å². The van der Waals surface area contributed by atoms with Gasteiger partial charge >= 0.3 is 0 Å². The summed E-state index contributed by atoms with van der Waals surface area (Å²) in [6.45, 7) is 0. The van der Waals surface area contributed by atoms with Crippen LogP contribution in [0.25, 0.3) is 44.1 Å². The minimum absolute atomic E-state index is 0.961. The molecule has 152 valence electrons. The lowest BCUT2D eigenvalue weighted by atomic mass is 10.00. The van der Waals surface area contributed by atoms with Gasteiger partial charge in [0, 0.05) is 23.2 Å². The summed E-state index contributed by atoms with van der Waals surface area (Å²) in [6.07, 6.45) is 3.68. The van der Waals surface area contributed by atoms with E-state index in [1.807, 2.05) is 36.7 Å². The highest BCUT2D eigenvalue weighted by molar-refractivity contribution is 6.07. The van der Waals surface area contributed by atoms with Crippen LogP contribution in [0.1, 0.15) is 0 Å². The van der Waals surface area contributed by atoms with Gasteiger partial charge in [0.25, 0.3) is 0 Å². The Kier molecular flexibility index (Phi) is 5.67. The van der Waals surface area contributed by atoms with E-state index in [1.165, 1.54) is 22.3 Å². The number of fused-ring (bicyclic) bond motifs is 3. The molecule has 6 aromatic rings. The summed E-state index contributed by atoms with van der Waals surface area (Å²) >= 11 is 0. The summed E-state index contributed by atoms with van der Waals surface area (Å²) in [5.41, 5.74) is 6.88. The van der Waals surface area contributed by atoms with Gasteiger partial charge in [-0.25, -0.2) is 0 Å². The van der Waals surface area contributed by atoms with Crippen LogP contribution in [0.3, 0.4) is 0 Å². The van der Waals surface area contributed by atoms with Gasteiger partial charge in [-0.2, -0.15) is 0 Å². The Morgan fingerprint density at radius 3 is 1.56 bits per heavy atom. The normalized spacial score (nSPS) is 10.5. The number of aromatic nitrogens is 2. The van der Waals surface area contributed by atoms with Crippen LogP contribution < -0.4 is 0 Å². The van der Waals surface area contributed by atoms with Gasteiger partial charge in [0.1, 0.15) is 0 Å². The third-order valence-corrected chi connectivity index (χ3v) is 5.45. The van der Waals surface area contributed by atoms with Crippen molar-refractivity contribution >= 4 is 21.8 Å². The van der Waals surface area contributed by atoms with E-state index < -0.39 is 0 Å². The van der Waals surface area contributed by atoms with Crippen LogP contribution in [0.4, 0.5) is 0 Å². The van der Waals surface area contributed by atoms with Gasteiger partial charge in [-0.1, -0.05) is 109 Å². The van der Waals surface area contributed by atoms with E-state index in [1.54, 1.807) is 0 Å². The maximum absolute atomic E-state index is 4.53. The van der Waals surface area contributed by atoms with Gasteiger partial charge in [-0.05, 0) is 34.4 Å². The van der Waals surface area contributed by atoms with Crippen molar-refractivity contribution in [1.82, 2.24) is 9.97 Å². The van der Waals surface area contributed by atoms with Gasteiger partial charge in [0.05, 0.1) is 11.0 Å². The molecule has 32 heavy (non-hydrogen) atoms. The monoisotopic (exact) mass is 410 g/mol. The molecule has 2 aromatic heterocycles. The smallest absolute Gasteiger partial charge is 0.0970 e. The predicted octanol–water partition coefficient (Wildman–Crippen LogP) is 7.80. The van der Waals surface area contributed by atoms with Crippen molar-refractivity contribution in [1.29, 1.82) is 0 Å². The van der Waals surface area contributed by atoms with Gasteiger partial charge in [-0.15, -0.1) is 0 Å².